The maximum Gasteiger partial charge on any atom is 0.218 e. The first-order valence-electron chi connectivity index (χ1n) is 7.14. The van der Waals surface area contributed by atoms with Gasteiger partial charge >= 0.3 is 0 Å². The van der Waals surface area contributed by atoms with Gasteiger partial charge in [-0.2, -0.15) is 5.10 Å². The molecule has 21 heavy (non-hydrogen) atoms. The summed E-state index contributed by atoms with van der Waals surface area (Å²) in [6.45, 7) is 4.09. The number of benzene rings is 2. The highest BCUT2D eigenvalue weighted by atomic mass is 16.3. The zero-order valence-electron chi connectivity index (χ0n) is 12.2. The first kappa shape index (κ1) is 13.4. The van der Waals surface area contributed by atoms with Crippen molar-refractivity contribution in [3.05, 3.63) is 65.7 Å². The third-order valence-corrected chi connectivity index (χ3v) is 3.64. The minimum absolute atomic E-state index is 0.222. The average molecular weight is 278 g/mol. The van der Waals surface area contributed by atoms with Gasteiger partial charge < -0.3 is 5.11 Å². The Bertz CT molecular complexity index is 743. The van der Waals surface area contributed by atoms with Crippen LogP contribution in [0.4, 0.5) is 0 Å². The maximum absolute atomic E-state index is 10.5. The first-order chi connectivity index (χ1) is 10.2. The Morgan fingerprint density at radius 3 is 2.29 bits per heavy atom. The maximum atomic E-state index is 10.5. The zero-order chi connectivity index (χ0) is 14.8. The summed E-state index contributed by atoms with van der Waals surface area (Å²) in [6, 6.07) is 17.9. The molecule has 0 fully saturated rings. The van der Waals surface area contributed by atoms with Crippen LogP contribution in [0.5, 0.6) is 5.88 Å². The fraction of sp³-hybridized carbons (Fsp3) is 0.167. The topological polar surface area (TPSA) is 38.0 Å². The van der Waals surface area contributed by atoms with Crippen molar-refractivity contribution in [2.45, 2.75) is 20.3 Å². The van der Waals surface area contributed by atoms with Gasteiger partial charge in [-0.3, -0.25) is 0 Å². The van der Waals surface area contributed by atoms with Crippen LogP contribution < -0.4 is 0 Å². The van der Waals surface area contributed by atoms with Gasteiger partial charge in [-0.05, 0) is 25.5 Å². The zero-order valence-corrected chi connectivity index (χ0v) is 12.2. The normalized spacial score (nSPS) is 10.8. The SMILES string of the molecule is CCc1c(-c2ccc(C)cc2)nn(-c2ccccc2)c1O. The second kappa shape index (κ2) is 5.44. The van der Waals surface area contributed by atoms with E-state index >= 15 is 0 Å². The Kier molecular flexibility index (Phi) is 3.48. The Labute approximate surface area is 124 Å². The van der Waals surface area contributed by atoms with E-state index in [-0.39, 0.29) is 5.88 Å². The van der Waals surface area contributed by atoms with Crippen LogP contribution in [0.1, 0.15) is 18.1 Å². The summed E-state index contributed by atoms with van der Waals surface area (Å²) in [5.74, 6) is 0.222. The lowest BCUT2D eigenvalue weighted by molar-refractivity contribution is 0.428. The molecule has 0 saturated carbocycles. The van der Waals surface area contributed by atoms with Crippen LogP contribution in [0.3, 0.4) is 0 Å². The Morgan fingerprint density at radius 1 is 1.00 bits per heavy atom. The molecule has 0 saturated heterocycles. The molecule has 0 bridgehead atoms. The summed E-state index contributed by atoms with van der Waals surface area (Å²) in [5.41, 5.74) is 4.83. The van der Waals surface area contributed by atoms with Crippen LogP contribution >= 0.6 is 0 Å². The van der Waals surface area contributed by atoms with Crippen molar-refractivity contribution in [1.29, 1.82) is 0 Å². The summed E-state index contributed by atoms with van der Waals surface area (Å²) in [7, 11) is 0. The Hall–Kier alpha value is -2.55. The van der Waals surface area contributed by atoms with Gasteiger partial charge in [0.05, 0.1) is 11.4 Å². The second-order valence-electron chi connectivity index (χ2n) is 5.12. The molecular weight excluding hydrogens is 260 g/mol. The molecule has 3 nitrogen and oxygen atoms in total. The van der Waals surface area contributed by atoms with Crippen molar-refractivity contribution in [1.82, 2.24) is 9.78 Å². The lowest BCUT2D eigenvalue weighted by atomic mass is 10.0. The summed E-state index contributed by atoms with van der Waals surface area (Å²) in [6.07, 6.45) is 0.738. The highest BCUT2D eigenvalue weighted by molar-refractivity contribution is 5.66. The summed E-state index contributed by atoms with van der Waals surface area (Å²) < 4.78 is 1.61. The lowest BCUT2D eigenvalue weighted by Gasteiger charge is -2.02. The van der Waals surface area contributed by atoms with Gasteiger partial charge in [0.2, 0.25) is 5.88 Å². The van der Waals surface area contributed by atoms with Gasteiger partial charge in [0.1, 0.15) is 0 Å². The van der Waals surface area contributed by atoms with Crippen LogP contribution in [-0.2, 0) is 6.42 Å². The third kappa shape index (κ3) is 2.42. The smallest absolute Gasteiger partial charge is 0.218 e. The molecule has 106 valence electrons. The van der Waals surface area contributed by atoms with Gasteiger partial charge in [-0.1, -0.05) is 55.0 Å². The van der Waals surface area contributed by atoms with Gasteiger partial charge in [0, 0.05) is 11.1 Å². The van der Waals surface area contributed by atoms with E-state index in [2.05, 4.69) is 24.2 Å². The molecule has 1 heterocycles. The van der Waals surface area contributed by atoms with E-state index in [1.165, 1.54) is 5.56 Å². The van der Waals surface area contributed by atoms with Crippen molar-refractivity contribution in [3.8, 4) is 22.8 Å². The van der Waals surface area contributed by atoms with E-state index in [1.54, 1.807) is 4.68 Å². The quantitative estimate of drug-likeness (QED) is 0.782. The molecular formula is C18H18N2O. The predicted octanol–water partition coefficient (Wildman–Crippen LogP) is 4.12. The van der Waals surface area contributed by atoms with Crippen LogP contribution in [0.25, 0.3) is 16.9 Å². The molecule has 0 spiro atoms. The number of para-hydroxylation sites is 1. The molecule has 0 radical (unpaired) electrons. The van der Waals surface area contributed by atoms with Gasteiger partial charge in [0.25, 0.3) is 0 Å². The van der Waals surface area contributed by atoms with Crippen LogP contribution in [-0.4, -0.2) is 14.9 Å². The second-order valence-corrected chi connectivity index (χ2v) is 5.12. The number of nitrogens with zero attached hydrogens (tertiary/aromatic N) is 2. The molecule has 0 amide bonds. The lowest BCUT2D eigenvalue weighted by Crippen LogP contribution is -1.95. The van der Waals surface area contributed by atoms with Gasteiger partial charge in [0.15, 0.2) is 0 Å². The summed E-state index contributed by atoms with van der Waals surface area (Å²) in [4.78, 5) is 0. The fourth-order valence-corrected chi connectivity index (χ4v) is 2.46. The van der Waals surface area contributed by atoms with E-state index in [0.717, 1.165) is 28.9 Å². The van der Waals surface area contributed by atoms with E-state index in [4.69, 9.17) is 0 Å². The molecule has 3 heteroatoms. The summed E-state index contributed by atoms with van der Waals surface area (Å²) in [5, 5.41) is 15.1. The fourth-order valence-electron chi connectivity index (χ4n) is 2.46. The average Bonchev–Trinajstić information content (AvgIpc) is 2.85. The molecule has 1 aromatic heterocycles. The number of hydrogen-bond acceptors (Lipinski definition) is 2. The molecule has 0 aliphatic carbocycles. The highest BCUT2D eigenvalue weighted by Gasteiger charge is 2.17. The number of aromatic hydroxyl groups is 1. The van der Waals surface area contributed by atoms with E-state index in [0.29, 0.717) is 0 Å². The van der Waals surface area contributed by atoms with Gasteiger partial charge in [-0.15, -0.1) is 0 Å². The van der Waals surface area contributed by atoms with Crippen molar-refractivity contribution in [2.24, 2.45) is 0 Å². The van der Waals surface area contributed by atoms with Crippen LogP contribution in [0.2, 0.25) is 0 Å². The first-order valence-corrected chi connectivity index (χ1v) is 7.14. The van der Waals surface area contributed by atoms with Crippen LogP contribution in [0.15, 0.2) is 54.6 Å². The minimum Gasteiger partial charge on any atom is -0.493 e. The van der Waals surface area contributed by atoms with Crippen molar-refractivity contribution in [3.63, 3.8) is 0 Å². The monoisotopic (exact) mass is 278 g/mol. The minimum atomic E-state index is 0.222. The summed E-state index contributed by atoms with van der Waals surface area (Å²) >= 11 is 0. The van der Waals surface area contributed by atoms with Crippen molar-refractivity contribution in [2.75, 3.05) is 0 Å². The molecule has 0 aliphatic rings. The van der Waals surface area contributed by atoms with E-state index in [9.17, 15) is 5.11 Å². The molecule has 2 aromatic carbocycles. The number of aromatic nitrogens is 2. The standard InChI is InChI=1S/C18H18N2O/c1-3-16-17(14-11-9-13(2)10-12-14)19-20(18(16)21)15-7-5-4-6-8-15/h4-12,21H,3H2,1-2H3. The largest absolute Gasteiger partial charge is 0.493 e. The Balaban J connectivity index is 2.16. The number of aryl methyl sites for hydroxylation is 1. The van der Waals surface area contributed by atoms with Crippen molar-refractivity contribution < 1.29 is 5.11 Å². The molecule has 3 rings (SSSR count). The third-order valence-electron chi connectivity index (χ3n) is 3.64. The highest BCUT2D eigenvalue weighted by Crippen LogP contribution is 2.32. The molecule has 0 aliphatic heterocycles. The molecule has 0 atom stereocenters. The Morgan fingerprint density at radius 2 is 1.67 bits per heavy atom. The molecule has 1 N–H and O–H groups in total. The molecule has 0 unspecified atom stereocenters. The van der Waals surface area contributed by atoms with Gasteiger partial charge in [-0.25, -0.2) is 4.68 Å². The van der Waals surface area contributed by atoms with E-state index < -0.39 is 0 Å². The predicted molar refractivity (Wildman–Crippen MR) is 84.8 cm³/mol. The molecule has 3 aromatic rings. The van der Waals surface area contributed by atoms with Crippen LogP contribution in [0, 0.1) is 6.92 Å². The van der Waals surface area contributed by atoms with Crippen molar-refractivity contribution >= 4 is 0 Å². The number of hydrogen-bond donors (Lipinski definition) is 1. The number of rotatable bonds is 3. The van der Waals surface area contributed by atoms with E-state index in [1.807, 2.05) is 49.4 Å².